The largest absolute Gasteiger partial charge is 0.418 e. The summed E-state index contributed by atoms with van der Waals surface area (Å²) < 4.78 is 38.3. The van der Waals surface area contributed by atoms with Crippen LogP contribution in [0, 0.1) is 0 Å². The second-order valence-electron chi connectivity index (χ2n) is 4.81. The van der Waals surface area contributed by atoms with Crippen molar-refractivity contribution in [3.8, 4) is 0 Å². The van der Waals surface area contributed by atoms with Gasteiger partial charge in [0, 0.05) is 6.54 Å². The number of hydrogen-bond acceptors (Lipinski definition) is 2. The third-order valence-electron chi connectivity index (χ3n) is 3.00. The fourth-order valence-electron chi connectivity index (χ4n) is 1.85. The standard InChI is InChI=1S/C15H19F3N2O2/c1-2-3-4-7-10-19-13(21)14(22)20-12-9-6-5-8-11(12)15(16,17)18/h5-6,8-9H,2-4,7,10H2,1H3,(H,19,21)(H,20,22). The molecule has 1 rings (SSSR count). The van der Waals surface area contributed by atoms with E-state index in [1.54, 1.807) is 0 Å². The normalized spacial score (nSPS) is 11.1. The van der Waals surface area contributed by atoms with E-state index in [0.717, 1.165) is 37.8 Å². The van der Waals surface area contributed by atoms with E-state index in [9.17, 15) is 22.8 Å². The number of carbonyl (C=O) groups excluding carboxylic acids is 2. The predicted octanol–water partition coefficient (Wildman–Crippen LogP) is 3.34. The summed E-state index contributed by atoms with van der Waals surface area (Å²) in [6.07, 6.45) is -0.870. The molecular formula is C15H19F3N2O2. The molecule has 0 saturated heterocycles. The zero-order chi connectivity index (χ0) is 16.6. The first-order valence-electron chi connectivity index (χ1n) is 7.11. The molecule has 0 fully saturated rings. The summed E-state index contributed by atoms with van der Waals surface area (Å²) in [5.41, 5.74) is -1.42. The van der Waals surface area contributed by atoms with Crippen molar-refractivity contribution in [1.29, 1.82) is 0 Å². The van der Waals surface area contributed by atoms with Gasteiger partial charge in [0.2, 0.25) is 0 Å². The van der Waals surface area contributed by atoms with Gasteiger partial charge in [-0.25, -0.2) is 0 Å². The fourth-order valence-corrected chi connectivity index (χ4v) is 1.85. The molecule has 2 amide bonds. The van der Waals surface area contributed by atoms with Crippen LogP contribution in [0.25, 0.3) is 0 Å². The molecule has 0 unspecified atom stereocenters. The smallest absolute Gasteiger partial charge is 0.348 e. The van der Waals surface area contributed by atoms with Gasteiger partial charge < -0.3 is 10.6 Å². The molecule has 7 heteroatoms. The number of anilines is 1. The molecule has 1 aromatic rings. The maximum absolute atomic E-state index is 12.8. The molecule has 2 N–H and O–H groups in total. The van der Waals surface area contributed by atoms with Gasteiger partial charge >= 0.3 is 18.0 Å². The summed E-state index contributed by atoms with van der Waals surface area (Å²) in [5, 5.41) is 4.39. The van der Waals surface area contributed by atoms with Crippen molar-refractivity contribution < 1.29 is 22.8 Å². The monoisotopic (exact) mass is 316 g/mol. The third-order valence-corrected chi connectivity index (χ3v) is 3.00. The van der Waals surface area contributed by atoms with Crippen LogP contribution in [0.15, 0.2) is 24.3 Å². The number of benzene rings is 1. The van der Waals surface area contributed by atoms with Gasteiger partial charge in [0.15, 0.2) is 0 Å². The second kappa shape index (κ2) is 8.41. The number of carbonyl (C=O) groups is 2. The summed E-state index contributed by atoms with van der Waals surface area (Å²) in [4.78, 5) is 23.2. The lowest BCUT2D eigenvalue weighted by Crippen LogP contribution is -2.36. The van der Waals surface area contributed by atoms with E-state index in [1.807, 2.05) is 12.2 Å². The predicted molar refractivity (Wildman–Crippen MR) is 77.2 cm³/mol. The van der Waals surface area contributed by atoms with Crippen molar-refractivity contribution in [2.45, 2.75) is 38.8 Å². The van der Waals surface area contributed by atoms with E-state index in [2.05, 4.69) is 5.32 Å². The average molecular weight is 316 g/mol. The number of rotatable bonds is 6. The minimum atomic E-state index is -4.60. The SMILES string of the molecule is CCCCCCNC(=O)C(=O)Nc1ccccc1C(F)(F)F. The van der Waals surface area contributed by atoms with Crippen molar-refractivity contribution >= 4 is 17.5 Å². The Bertz CT molecular complexity index is 516. The van der Waals surface area contributed by atoms with E-state index < -0.39 is 29.2 Å². The number of halogens is 3. The Morgan fingerprint density at radius 3 is 2.36 bits per heavy atom. The molecule has 0 saturated carbocycles. The fraction of sp³-hybridized carbons (Fsp3) is 0.467. The van der Waals surface area contributed by atoms with Gasteiger partial charge in [0.05, 0.1) is 11.3 Å². The lowest BCUT2D eigenvalue weighted by Gasteiger charge is -2.13. The van der Waals surface area contributed by atoms with Crippen molar-refractivity contribution in [1.82, 2.24) is 5.32 Å². The molecule has 122 valence electrons. The van der Waals surface area contributed by atoms with E-state index >= 15 is 0 Å². The maximum atomic E-state index is 12.8. The highest BCUT2D eigenvalue weighted by molar-refractivity contribution is 6.39. The summed E-state index contributed by atoms with van der Waals surface area (Å²) in [7, 11) is 0. The number of hydrogen-bond donors (Lipinski definition) is 2. The average Bonchev–Trinajstić information content (AvgIpc) is 2.46. The molecule has 22 heavy (non-hydrogen) atoms. The van der Waals surface area contributed by atoms with Crippen LogP contribution in [0.2, 0.25) is 0 Å². The molecule has 0 aliphatic heterocycles. The Hall–Kier alpha value is -2.05. The van der Waals surface area contributed by atoms with Crippen molar-refractivity contribution in [2.24, 2.45) is 0 Å². The van der Waals surface area contributed by atoms with Crippen molar-refractivity contribution in [3.63, 3.8) is 0 Å². The number of amides is 2. The number of para-hydroxylation sites is 1. The lowest BCUT2D eigenvalue weighted by atomic mass is 10.1. The van der Waals surface area contributed by atoms with Gasteiger partial charge in [0.1, 0.15) is 0 Å². The molecule has 0 aliphatic rings. The van der Waals surface area contributed by atoms with Crippen LogP contribution < -0.4 is 10.6 Å². The number of alkyl halides is 3. The molecule has 0 aromatic heterocycles. The highest BCUT2D eigenvalue weighted by atomic mass is 19.4. The Morgan fingerprint density at radius 2 is 1.73 bits per heavy atom. The molecule has 1 aromatic carbocycles. The molecule has 0 heterocycles. The van der Waals surface area contributed by atoms with Crippen molar-refractivity contribution in [3.05, 3.63) is 29.8 Å². The zero-order valence-corrected chi connectivity index (χ0v) is 12.3. The van der Waals surface area contributed by atoms with Crippen LogP contribution in [0.5, 0.6) is 0 Å². The molecule has 0 aliphatic carbocycles. The molecule has 0 radical (unpaired) electrons. The Kier molecular flexibility index (Phi) is 6.88. The summed E-state index contributed by atoms with van der Waals surface area (Å²) in [6, 6.07) is 4.52. The zero-order valence-electron chi connectivity index (χ0n) is 12.3. The van der Waals surface area contributed by atoms with Gasteiger partial charge in [-0.05, 0) is 18.6 Å². The van der Waals surface area contributed by atoms with E-state index in [-0.39, 0.29) is 0 Å². The summed E-state index contributed by atoms with van der Waals surface area (Å²) in [5.74, 6) is -2.04. The molecular weight excluding hydrogens is 297 g/mol. The van der Waals surface area contributed by atoms with E-state index in [0.29, 0.717) is 6.54 Å². The highest BCUT2D eigenvalue weighted by Crippen LogP contribution is 2.34. The summed E-state index contributed by atoms with van der Waals surface area (Å²) >= 11 is 0. The van der Waals surface area contributed by atoms with Gasteiger partial charge in [-0.3, -0.25) is 9.59 Å². The lowest BCUT2D eigenvalue weighted by molar-refractivity contribution is -0.138. The van der Waals surface area contributed by atoms with Crippen LogP contribution in [0.4, 0.5) is 18.9 Å². The Morgan fingerprint density at radius 1 is 1.05 bits per heavy atom. The first-order valence-corrected chi connectivity index (χ1v) is 7.11. The first kappa shape index (κ1) is 18.0. The van der Waals surface area contributed by atoms with Crippen molar-refractivity contribution in [2.75, 3.05) is 11.9 Å². The second-order valence-corrected chi connectivity index (χ2v) is 4.81. The van der Waals surface area contributed by atoms with Crippen LogP contribution in [-0.4, -0.2) is 18.4 Å². The molecule has 0 bridgehead atoms. The van der Waals surface area contributed by atoms with E-state index in [1.165, 1.54) is 12.1 Å². The molecule has 0 atom stereocenters. The van der Waals surface area contributed by atoms with Crippen LogP contribution in [-0.2, 0) is 15.8 Å². The number of unbranched alkanes of at least 4 members (excludes halogenated alkanes) is 3. The minimum absolute atomic E-state index is 0.327. The quantitative estimate of drug-likeness (QED) is 0.625. The third kappa shape index (κ3) is 5.75. The van der Waals surface area contributed by atoms with Gasteiger partial charge in [0.25, 0.3) is 0 Å². The maximum Gasteiger partial charge on any atom is 0.418 e. The van der Waals surface area contributed by atoms with Gasteiger partial charge in [-0.1, -0.05) is 38.3 Å². The number of nitrogens with one attached hydrogen (secondary N) is 2. The highest BCUT2D eigenvalue weighted by Gasteiger charge is 2.33. The van der Waals surface area contributed by atoms with Crippen LogP contribution in [0.3, 0.4) is 0 Å². The van der Waals surface area contributed by atoms with Gasteiger partial charge in [-0.15, -0.1) is 0 Å². The van der Waals surface area contributed by atoms with Crippen LogP contribution >= 0.6 is 0 Å². The Labute approximate surface area is 127 Å². The first-order chi connectivity index (χ1) is 10.4. The summed E-state index contributed by atoms with van der Waals surface area (Å²) in [6.45, 7) is 2.37. The molecule has 4 nitrogen and oxygen atoms in total. The minimum Gasteiger partial charge on any atom is -0.348 e. The molecule has 0 spiro atoms. The Balaban J connectivity index is 2.56. The van der Waals surface area contributed by atoms with Crippen LogP contribution in [0.1, 0.15) is 38.2 Å². The van der Waals surface area contributed by atoms with Gasteiger partial charge in [-0.2, -0.15) is 13.2 Å². The topological polar surface area (TPSA) is 58.2 Å². The van der Waals surface area contributed by atoms with E-state index in [4.69, 9.17) is 0 Å².